The van der Waals surface area contributed by atoms with E-state index in [2.05, 4.69) is 11.8 Å². The Hall–Kier alpha value is -0.880. The highest BCUT2D eigenvalue weighted by molar-refractivity contribution is 6.35. The van der Waals surface area contributed by atoms with Crippen LogP contribution in [0.1, 0.15) is 12.0 Å². The highest BCUT2D eigenvalue weighted by Crippen LogP contribution is 2.29. The molecule has 0 aliphatic heterocycles. The van der Waals surface area contributed by atoms with Crippen molar-refractivity contribution in [3.63, 3.8) is 0 Å². The Morgan fingerprint density at radius 2 is 1.93 bits per heavy atom. The van der Waals surface area contributed by atoms with Crippen molar-refractivity contribution in [2.45, 2.75) is 6.42 Å². The molecule has 0 aliphatic carbocycles. The van der Waals surface area contributed by atoms with E-state index in [4.69, 9.17) is 28.3 Å². The smallest absolute Gasteiger partial charge is 0.135 e. The van der Waals surface area contributed by atoms with Crippen molar-refractivity contribution in [1.29, 1.82) is 0 Å². The van der Waals surface area contributed by atoms with Crippen LogP contribution in [0.2, 0.25) is 10.0 Å². The number of aliphatic hydroxyl groups is 1. The lowest BCUT2D eigenvalue weighted by Crippen LogP contribution is -1.80. The number of rotatable bonds is 1. The lowest BCUT2D eigenvalue weighted by Gasteiger charge is -1.99. The minimum atomic E-state index is -0.0654. The quantitative estimate of drug-likeness (QED) is 0.728. The van der Waals surface area contributed by atoms with Crippen LogP contribution in [-0.2, 0) is 0 Å². The molecule has 4 heteroatoms. The first kappa shape index (κ1) is 11.2. The Bertz CT molecular complexity index is 391. The molecule has 1 aromatic rings. The summed E-state index contributed by atoms with van der Waals surface area (Å²) >= 11 is 11.5. The van der Waals surface area contributed by atoms with Crippen molar-refractivity contribution in [3.8, 4) is 17.6 Å². The number of aliphatic hydroxyl groups excluding tert-OH is 1. The third-order valence-corrected chi connectivity index (χ3v) is 2.11. The summed E-state index contributed by atoms with van der Waals surface area (Å²) in [4.78, 5) is 0. The molecule has 2 nitrogen and oxygen atoms in total. The van der Waals surface area contributed by atoms with Gasteiger partial charge in [-0.3, -0.25) is 0 Å². The Balaban J connectivity index is 3.00. The first-order chi connectivity index (χ1) is 6.65. The Morgan fingerprint density at radius 3 is 2.57 bits per heavy atom. The van der Waals surface area contributed by atoms with Crippen molar-refractivity contribution in [2.24, 2.45) is 0 Å². The number of hydrogen-bond acceptors (Lipinski definition) is 2. The van der Waals surface area contributed by atoms with Crippen LogP contribution >= 0.6 is 23.2 Å². The molecule has 0 amide bonds. The lowest BCUT2D eigenvalue weighted by molar-refractivity contribution is 0.305. The normalized spacial score (nSPS) is 9.36. The van der Waals surface area contributed by atoms with Gasteiger partial charge in [-0.15, -0.1) is 0 Å². The van der Waals surface area contributed by atoms with Crippen molar-refractivity contribution in [1.82, 2.24) is 0 Å². The van der Waals surface area contributed by atoms with Crippen LogP contribution in [0.4, 0.5) is 0 Å². The third kappa shape index (κ3) is 2.81. The SMILES string of the molecule is OCCC#Cc1cc(Cl)c(O)cc1Cl. The second kappa shape index (κ2) is 5.11. The molecule has 74 valence electrons. The molecule has 2 N–H and O–H groups in total. The van der Waals surface area contributed by atoms with Crippen molar-refractivity contribution < 1.29 is 10.2 Å². The fourth-order valence-electron chi connectivity index (χ4n) is 0.846. The number of phenolic OH excluding ortho intramolecular Hbond substituents is 1. The molecule has 14 heavy (non-hydrogen) atoms. The molecular weight excluding hydrogens is 223 g/mol. The number of benzene rings is 1. The zero-order valence-electron chi connectivity index (χ0n) is 7.22. The van der Waals surface area contributed by atoms with Crippen LogP contribution in [0.5, 0.6) is 5.75 Å². The Morgan fingerprint density at radius 1 is 1.21 bits per heavy atom. The number of phenols is 1. The second-order valence-corrected chi connectivity index (χ2v) is 3.37. The molecule has 0 saturated heterocycles. The summed E-state index contributed by atoms with van der Waals surface area (Å²) in [6, 6.07) is 2.83. The summed E-state index contributed by atoms with van der Waals surface area (Å²) in [5.74, 6) is 5.39. The predicted octanol–water partition coefficient (Wildman–Crippen LogP) is 2.43. The van der Waals surface area contributed by atoms with Crippen LogP contribution in [0.15, 0.2) is 12.1 Å². The fraction of sp³-hybridized carbons (Fsp3) is 0.200. The molecule has 0 unspecified atom stereocenters. The summed E-state index contributed by atoms with van der Waals surface area (Å²) < 4.78 is 0. The first-order valence-corrected chi connectivity index (χ1v) is 4.68. The van der Waals surface area contributed by atoms with Gasteiger partial charge in [-0.25, -0.2) is 0 Å². The minimum Gasteiger partial charge on any atom is -0.506 e. The average Bonchev–Trinajstić information content (AvgIpc) is 2.14. The largest absolute Gasteiger partial charge is 0.506 e. The number of halogens is 2. The van der Waals surface area contributed by atoms with E-state index in [1.54, 1.807) is 0 Å². The summed E-state index contributed by atoms with van der Waals surface area (Å²) in [6.07, 6.45) is 0.384. The van der Waals surface area contributed by atoms with Crippen LogP contribution in [0.3, 0.4) is 0 Å². The van der Waals surface area contributed by atoms with Gasteiger partial charge < -0.3 is 10.2 Å². The van der Waals surface area contributed by atoms with E-state index in [-0.39, 0.29) is 17.4 Å². The van der Waals surface area contributed by atoms with Gasteiger partial charge in [0.2, 0.25) is 0 Å². The molecule has 0 aliphatic rings. The maximum Gasteiger partial charge on any atom is 0.135 e. The maximum absolute atomic E-state index is 9.19. The van der Waals surface area contributed by atoms with Crippen molar-refractivity contribution in [3.05, 3.63) is 27.7 Å². The molecule has 0 atom stereocenters. The molecule has 0 radical (unpaired) electrons. The second-order valence-electron chi connectivity index (χ2n) is 2.56. The van der Waals surface area contributed by atoms with E-state index in [0.717, 1.165) is 0 Å². The van der Waals surface area contributed by atoms with Crippen LogP contribution in [0, 0.1) is 11.8 Å². The molecule has 1 rings (SSSR count). The van der Waals surface area contributed by atoms with E-state index in [9.17, 15) is 5.11 Å². The summed E-state index contributed by atoms with van der Waals surface area (Å²) in [5.41, 5.74) is 0.544. The average molecular weight is 231 g/mol. The van der Waals surface area contributed by atoms with Gasteiger partial charge >= 0.3 is 0 Å². The van der Waals surface area contributed by atoms with Crippen molar-refractivity contribution >= 4 is 23.2 Å². The lowest BCUT2D eigenvalue weighted by atomic mass is 10.2. The predicted molar refractivity (Wildman–Crippen MR) is 56.7 cm³/mol. The molecule has 0 fully saturated rings. The zero-order chi connectivity index (χ0) is 10.6. The zero-order valence-corrected chi connectivity index (χ0v) is 8.73. The third-order valence-electron chi connectivity index (χ3n) is 1.50. The van der Waals surface area contributed by atoms with Gasteiger partial charge in [0.25, 0.3) is 0 Å². The van der Waals surface area contributed by atoms with E-state index in [0.29, 0.717) is 17.0 Å². The molecule has 0 saturated carbocycles. The minimum absolute atomic E-state index is 0.0104. The summed E-state index contributed by atoms with van der Waals surface area (Å²) in [5, 5.41) is 18.3. The van der Waals surface area contributed by atoms with E-state index >= 15 is 0 Å². The molecule has 0 heterocycles. The fourth-order valence-corrected chi connectivity index (χ4v) is 1.21. The highest BCUT2D eigenvalue weighted by Gasteiger charge is 2.03. The Labute approximate surface area is 92.1 Å². The highest BCUT2D eigenvalue weighted by atomic mass is 35.5. The number of hydrogen-bond donors (Lipinski definition) is 2. The molecule has 1 aromatic carbocycles. The Kier molecular flexibility index (Phi) is 4.09. The van der Waals surface area contributed by atoms with Gasteiger partial charge in [0, 0.05) is 18.1 Å². The van der Waals surface area contributed by atoms with E-state index in [1.807, 2.05) is 0 Å². The van der Waals surface area contributed by atoms with Gasteiger partial charge in [-0.2, -0.15) is 0 Å². The van der Waals surface area contributed by atoms with Gasteiger partial charge in [0.05, 0.1) is 16.7 Å². The standard InChI is InChI=1S/C10H8Cl2O2/c11-8-6-10(14)9(12)5-7(8)3-1-2-4-13/h5-6,13-14H,2,4H2. The molecule has 0 bridgehead atoms. The molecule has 0 spiro atoms. The summed E-state index contributed by atoms with van der Waals surface area (Å²) in [6.45, 7) is 0.0104. The molecular formula is C10H8Cl2O2. The van der Waals surface area contributed by atoms with Gasteiger partial charge in [0.15, 0.2) is 0 Å². The van der Waals surface area contributed by atoms with Crippen LogP contribution < -0.4 is 0 Å². The first-order valence-electron chi connectivity index (χ1n) is 3.93. The molecule has 0 aromatic heterocycles. The van der Waals surface area contributed by atoms with E-state index < -0.39 is 0 Å². The topological polar surface area (TPSA) is 40.5 Å². The monoisotopic (exact) mass is 230 g/mol. The maximum atomic E-state index is 9.19. The van der Waals surface area contributed by atoms with Crippen LogP contribution in [0.25, 0.3) is 0 Å². The van der Waals surface area contributed by atoms with Crippen molar-refractivity contribution in [2.75, 3.05) is 6.61 Å². The number of aromatic hydroxyl groups is 1. The van der Waals surface area contributed by atoms with Gasteiger partial charge in [-0.05, 0) is 6.07 Å². The van der Waals surface area contributed by atoms with Gasteiger partial charge in [-0.1, -0.05) is 35.0 Å². The van der Waals surface area contributed by atoms with Gasteiger partial charge in [0.1, 0.15) is 5.75 Å². The van der Waals surface area contributed by atoms with Crippen LogP contribution in [-0.4, -0.2) is 16.8 Å². The van der Waals surface area contributed by atoms with E-state index in [1.165, 1.54) is 12.1 Å². The summed E-state index contributed by atoms with van der Waals surface area (Å²) in [7, 11) is 0.